The normalized spacial score (nSPS) is 23.8. The van der Waals surface area contributed by atoms with E-state index in [1.165, 1.54) is 0 Å². The van der Waals surface area contributed by atoms with Crippen LogP contribution in [0.1, 0.15) is 25.6 Å². The van der Waals surface area contributed by atoms with Crippen LogP contribution in [0.25, 0.3) is 0 Å². The third-order valence-corrected chi connectivity index (χ3v) is 3.50. The lowest BCUT2D eigenvalue weighted by Crippen LogP contribution is -2.51. The lowest BCUT2D eigenvalue weighted by atomic mass is 9.99. The summed E-state index contributed by atoms with van der Waals surface area (Å²) in [5.41, 5.74) is 6.08. The van der Waals surface area contributed by atoms with Crippen LogP contribution in [0.5, 0.6) is 0 Å². The maximum atomic E-state index is 6.08. The van der Waals surface area contributed by atoms with Crippen molar-refractivity contribution in [2.75, 3.05) is 31.8 Å². The molecule has 0 spiro atoms. The van der Waals surface area contributed by atoms with Crippen molar-refractivity contribution in [3.8, 4) is 0 Å². The van der Waals surface area contributed by atoms with Crippen LogP contribution in [0.3, 0.4) is 0 Å². The van der Waals surface area contributed by atoms with Crippen molar-refractivity contribution in [2.45, 2.75) is 38.5 Å². The molecule has 1 fully saturated rings. The molecule has 0 radical (unpaired) electrons. The Hall–Kier alpha value is -1.18. The zero-order chi connectivity index (χ0) is 13.7. The highest BCUT2D eigenvalue weighted by Crippen LogP contribution is 2.20. The molecule has 3 N–H and O–H groups in total. The number of aromatic nitrogens is 3. The molecule has 1 aliphatic heterocycles. The number of hydrogen-bond donors (Lipinski definition) is 2. The van der Waals surface area contributed by atoms with Gasteiger partial charge in [0.2, 0.25) is 5.95 Å². The van der Waals surface area contributed by atoms with E-state index in [1.54, 1.807) is 7.11 Å². The van der Waals surface area contributed by atoms with E-state index in [4.69, 9.17) is 15.2 Å². The fraction of sp³-hybridized carbons (Fsp3) is 0.833. The molecule has 2 atom stereocenters. The Labute approximate surface area is 113 Å². The van der Waals surface area contributed by atoms with Gasteiger partial charge in [0.05, 0.1) is 13.2 Å². The third-order valence-electron chi connectivity index (χ3n) is 3.50. The first-order chi connectivity index (χ1) is 9.22. The van der Waals surface area contributed by atoms with Gasteiger partial charge in [-0.1, -0.05) is 0 Å². The van der Waals surface area contributed by atoms with Gasteiger partial charge in [-0.3, -0.25) is 5.10 Å². The van der Waals surface area contributed by atoms with E-state index in [9.17, 15) is 0 Å². The zero-order valence-electron chi connectivity index (χ0n) is 11.6. The standard InChI is InChI=1S/C12H23N5O2/c1-9-10(13)4-3-5-17(9)12-14-11(15-16-12)8-19-7-6-18-2/h9-10H,3-8,13H2,1-2H3,(H,14,15,16). The van der Waals surface area contributed by atoms with Crippen molar-refractivity contribution in [1.82, 2.24) is 15.2 Å². The van der Waals surface area contributed by atoms with Crippen molar-refractivity contribution in [3.05, 3.63) is 5.82 Å². The monoisotopic (exact) mass is 269 g/mol. The number of nitrogens with two attached hydrogens (primary N) is 1. The minimum atomic E-state index is 0.189. The van der Waals surface area contributed by atoms with Crippen molar-refractivity contribution >= 4 is 5.95 Å². The smallest absolute Gasteiger partial charge is 0.245 e. The summed E-state index contributed by atoms with van der Waals surface area (Å²) < 4.78 is 10.3. The third kappa shape index (κ3) is 3.65. The minimum Gasteiger partial charge on any atom is -0.382 e. The molecular formula is C12H23N5O2. The lowest BCUT2D eigenvalue weighted by Gasteiger charge is -2.36. The number of rotatable bonds is 6. The topological polar surface area (TPSA) is 89.3 Å². The first-order valence-electron chi connectivity index (χ1n) is 6.72. The lowest BCUT2D eigenvalue weighted by molar-refractivity contribution is 0.0587. The molecule has 0 amide bonds. The van der Waals surface area contributed by atoms with Gasteiger partial charge in [0.15, 0.2) is 5.82 Å². The summed E-state index contributed by atoms with van der Waals surface area (Å²) in [6.45, 7) is 4.63. The number of hydrogen-bond acceptors (Lipinski definition) is 6. The highest BCUT2D eigenvalue weighted by atomic mass is 16.5. The Morgan fingerprint density at radius 3 is 3.11 bits per heavy atom. The summed E-state index contributed by atoms with van der Waals surface area (Å²) in [4.78, 5) is 6.61. The Bertz CT molecular complexity index is 384. The highest BCUT2D eigenvalue weighted by molar-refractivity contribution is 5.32. The maximum absolute atomic E-state index is 6.08. The Kier molecular flexibility index (Phi) is 5.12. The Balaban J connectivity index is 1.89. The van der Waals surface area contributed by atoms with E-state index >= 15 is 0 Å². The van der Waals surface area contributed by atoms with E-state index in [2.05, 4.69) is 27.0 Å². The fourth-order valence-corrected chi connectivity index (χ4v) is 2.24. The van der Waals surface area contributed by atoms with Gasteiger partial charge in [-0.15, -0.1) is 5.10 Å². The van der Waals surface area contributed by atoms with Crippen LogP contribution < -0.4 is 10.6 Å². The molecule has 0 aliphatic carbocycles. The summed E-state index contributed by atoms with van der Waals surface area (Å²) in [6.07, 6.45) is 2.15. The molecule has 1 aromatic rings. The van der Waals surface area contributed by atoms with Gasteiger partial charge < -0.3 is 20.1 Å². The predicted octanol–water partition coefficient (Wildman–Crippen LogP) is 0.284. The summed E-state index contributed by atoms with van der Waals surface area (Å²) in [7, 11) is 1.65. The van der Waals surface area contributed by atoms with Gasteiger partial charge in [0.25, 0.3) is 0 Å². The van der Waals surface area contributed by atoms with Crippen molar-refractivity contribution in [3.63, 3.8) is 0 Å². The number of anilines is 1. The fourth-order valence-electron chi connectivity index (χ4n) is 2.24. The number of nitrogens with zero attached hydrogens (tertiary/aromatic N) is 3. The number of piperidine rings is 1. The van der Waals surface area contributed by atoms with Crippen LogP contribution in [-0.2, 0) is 16.1 Å². The van der Waals surface area contributed by atoms with Crippen LogP contribution in [-0.4, -0.2) is 54.1 Å². The van der Waals surface area contributed by atoms with Crippen molar-refractivity contribution in [1.29, 1.82) is 0 Å². The molecule has 0 bridgehead atoms. The first-order valence-corrected chi connectivity index (χ1v) is 6.72. The molecule has 7 heteroatoms. The van der Waals surface area contributed by atoms with Gasteiger partial charge in [0.1, 0.15) is 6.61 Å². The molecule has 1 aromatic heterocycles. The quantitative estimate of drug-likeness (QED) is 0.721. The van der Waals surface area contributed by atoms with Crippen LogP contribution in [0.15, 0.2) is 0 Å². The largest absolute Gasteiger partial charge is 0.382 e. The van der Waals surface area contributed by atoms with Gasteiger partial charge in [-0.25, -0.2) is 0 Å². The molecule has 2 rings (SSSR count). The second-order valence-corrected chi connectivity index (χ2v) is 4.87. The average molecular weight is 269 g/mol. The summed E-state index contributed by atoms with van der Waals surface area (Å²) in [5.74, 6) is 1.45. The van der Waals surface area contributed by atoms with Crippen LogP contribution in [0, 0.1) is 0 Å². The molecular weight excluding hydrogens is 246 g/mol. The molecule has 7 nitrogen and oxygen atoms in total. The predicted molar refractivity (Wildman–Crippen MR) is 71.9 cm³/mol. The molecule has 0 aromatic carbocycles. The van der Waals surface area contributed by atoms with Gasteiger partial charge in [0, 0.05) is 25.7 Å². The van der Waals surface area contributed by atoms with E-state index < -0.39 is 0 Å². The van der Waals surface area contributed by atoms with Crippen LogP contribution >= 0.6 is 0 Å². The Morgan fingerprint density at radius 2 is 2.32 bits per heavy atom. The SMILES string of the molecule is COCCOCc1nc(N2CCCC(N)C2C)n[nH]1. The second kappa shape index (κ2) is 6.83. The minimum absolute atomic E-state index is 0.189. The van der Waals surface area contributed by atoms with Gasteiger partial charge in [-0.05, 0) is 19.8 Å². The summed E-state index contributed by atoms with van der Waals surface area (Å²) >= 11 is 0. The van der Waals surface area contributed by atoms with E-state index in [0.29, 0.717) is 25.8 Å². The first kappa shape index (κ1) is 14.2. The van der Waals surface area contributed by atoms with Gasteiger partial charge >= 0.3 is 0 Å². The van der Waals surface area contributed by atoms with E-state index in [1.807, 2.05) is 0 Å². The number of methoxy groups -OCH3 is 1. The number of ether oxygens (including phenoxy) is 2. The molecule has 2 unspecified atom stereocenters. The number of nitrogens with one attached hydrogen (secondary N) is 1. The zero-order valence-corrected chi connectivity index (χ0v) is 11.6. The van der Waals surface area contributed by atoms with Crippen molar-refractivity contribution in [2.24, 2.45) is 5.73 Å². The number of aromatic amines is 1. The highest BCUT2D eigenvalue weighted by Gasteiger charge is 2.27. The molecule has 19 heavy (non-hydrogen) atoms. The summed E-state index contributed by atoms with van der Waals surface area (Å²) in [6, 6.07) is 0.459. The molecule has 1 saturated heterocycles. The van der Waals surface area contributed by atoms with Gasteiger partial charge in [-0.2, -0.15) is 4.98 Å². The molecule has 108 valence electrons. The van der Waals surface area contributed by atoms with Crippen LogP contribution in [0.4, 0.5) is 5.95 Å². The van der Waals surface area contributed by atoms with E-state index in [0.717, 1.165) is 25.2 Å². The van der Waals surface area contributed by atoms with Crippen LogP contribution in [0.2, 0.25) is 0 Å². The second-order valence-electron chi connectivity index (χ2n) is 4.87. The maximum Gasteiger partial charge on any atom is 0.245 e. The molecule has 2 heterocycles. The summed E-state index contributed by atoms with van der Waals surface area (Å²) in [5, 5.41) is 7.15. The number of H-pyrrole nitrogens is 1. The van der Waals surface area contributed by atoms with Crippen molar-refractivity contribution < 1.29 is 9.47 Å². The molecule has 1 aliphatic rings. The average Bonchev–Trinajstić information content (AvgIpc) is 2.87. The molecule has 0 saturated carbocycles. The Morgan fingerprint density at radius 1 is 1.47 bits per heavy atom. The van der Waals surface area contributed by atoms with E-state index in [-0.39, 0.29) is 12.1 Å².